The molecule has 0 saturated heterocycles. The number of aromatic hydroxyl groups is 1. The molecule has 3 aromatic rings. The first-order chi connectivity index (χ1) is 12.0. The fourth-order valence-electron chi connectivity index (χ4n) is 3.06. The number of benzene rings is 2. The smallest absolute Gasteiger partial charge is 0.343 e. The molecule has 0 spiro atoms. The molecule has 0 radical (unpaired) electrons. The van der Waals surface area contributed by atoms with Crippen molar-refractivity contribution in [1.29, 1.82) is 0 Å². The number of Topliss-reactive ketones (excluding diaryl/α,β-unsaturated/α-hetero) is 1. The summed E-state index contributed by atoms with van der Waals surface area (Å²) in [5, 5.41) is 10.2. The summed E-state index contributed by atoms with van der Waals surface area (Å²) in [4.78, 5) is 24.5. The third kappa shape index (κ3) is 3.26. The van der Waals surface area contributed by atoms with Crippen LogP contribution in [0.25, 0.3) is 11.0 Å². The minimum Gasteiger partial charge on any atom is -0.508 e. The molecule has 0 aliphatic rings. The van der Waals surface area contributed by atoms with Crippen LogP contribution < -0.4 is 10.4 Å². The largest absolute Gasteiger partial charge is 0.508 e. The molecule has 0 aliphatic heterocycles. The highest BCUT2D eigenvalue weighted by Gasteiger charge is 2.26. The summed E-state index contributed by atoms with van der Waals surface area (Å²) in [6, 6.07) is 13.8. The summed E-state index contributed by atoms with van der Waals surface area (Å²) >= 11 is 0. The molecule has 0 unspecified atom stereocenters. The molecule has 1 atom stereocenters. The van der Waals surface area contributed by atoms with Crippen LogP contribution >= 0.6 is 0 Å². The molecule has 5 nitrogen and oxygen atoms in total. The Morgan fingerprint density at radius 1 is 1.20 bits per heavy atom. The number of rotatable bonds is 5. The first-order valence-corrected chi connectivity index (χ1v) is 7.89. The lowest BCUT2D eigenvalue weighted by Gasteiger charge is -2.19. The third-order valence-electron chi connectivity index (χ3n) is 4.12. The molecule has 1 aromatic heterocycles. The van der Waals surface area contributed by atoms with Crippen LogP contribution in [0, 0.1) is 0 Å². The summed E-state index contributed by atoms with van der Waals surface area (Å²) in [6.07, 6.45) is 0.161. The van der Waals surface area contributed by atoms with E-state index in [4.69, 9.17) is 9.15 Å². The minimum absolute atomic E-state index is 0.00574. The molecule has 5 heteroatoms. The van der Waals surface area contributed by atoms with Gasteiger partial charge in [-0.3, -0.25) is 4.79 Å². The molecule has 0 bridgehead atoms. The second-order valence-corrected chi connectivity index (χ2v) is 5.89. The van der Waals surface area contributed by atoms with Gasteiger partial charge < -0.3 is 14.3 Å². The zero-order valence-electron chi connectivity index (χ0n) is 14.0. The van der Waals surface area contributed by atoms with E-state index in [9.17, 15) is 14.7 Å². The average molecular weight is 338 g/mol. The number of hydrogen-bond acceptors (Lipinski definition) is 5. The van der Waals surface area contributed by atoms with Crippen LogP contribution in [-0.4, -0.2) is 18.0 Å². The molecule has 0 fully saturated rings. The Bertz CT molecular complexity index is 973. The Balaban J connectivity index is 2.30. The monoisotopic (exact) mass is 338 g/mol. The van der Waals surface area contributed by atoms with Crippen molar-refractivity contribution in [2.75, 3.05) is 7.11 Å². The maximum Gasteiger partial charge on any atom is 0.343 e. The molecule has 3 rings (SSSR count). The van der Waals surface area contributed by atoms with E-state index in [0.29, 0.717) is 16.7 Å². The van der Waals surface area contributed by atoms with Gasteiger partial charge in [-0.25, -0.2) is 4.79 Å². The number of carbonyl (C=O) groups excluding carboxylic acids is 1. The highest BCUT2D eigenvalue weighted by Crippen LogP contribution is 2.37. The quantitative estimate of drug-likeness (QED) is 0.719. The lowest BCUT2D eigenvalue weighted by Crippen LogP contribution is -2.18. The van der Waals surface area contributed by atoms with E-state index in [1.807, 2.05) is 30.3 Å². The van der Waals surface area contributed by atoms with Crippen molar-refractivity contribution in [2.24, 2.45) is 0 Å². The van der Waals surface area contributed by atoms with Crippen molar-refractivity contribution in [3.63, 3.8) is 0 Å². The van der Waals surface area contributed by atoms with Crippen LogP contribution in [-0.2, 0) is 4.79 Å². The van der Waals surface area contributed by atoms with Gasteiger partial charge in [-0.1, -0.05) is 30.3 Å². The molecule has 0 aliphatic carbocycles. The van der Waals surface area contributed by atoms with Gasteiger partial charge in [0.25, 0.3) is 0 Å². The Morgan fingerprint density at radius 2 is 1.92 bits per heavy atom. The molecular weight excluding hydrogens is 320 g/mol. The van der Waals surface area contributed by atoms with Gasteiger partial charge in [0, 0.05) is 18.4 Å². The van der Waals surface area contributed by atoms with Gasteiger partial charge in [0.1, 0.15) is 22.9 Å². The van der Waals surface area contributed by atoms with Gasteiger partial charge in [-0.15, -0.1) is 0 Å². The van der Waals surface area contributed by atoms with E-state index in [0.717, 1.165) is 5.56 Å². The predicted octanol–water partition coefficient (Wildman–Crippen LogP) is 3.62. The molecule has 2 aromatic carbocycles. The average Bonchev–Trinajstić information content (AvgIpc) is 2.59. The van der Waals surface area contributed by atoms with Gasteiger partial charge in [0.05, 0.1) is 18.1 Å². The molecule has 0 saturated carbocycles. The van der Waals surface area contributed by atoms with Gasteiger partial charge in [0.15, 0.2) is 0 Å². The van der Waals surface area contributed by atoms with Crippen LogP contribution in [0.4, 0.5) is 0 Å². The first kappa shape index (κ1) is 16.8. The number of fused-ring (bicyclic) bond motifs is 1. The predicted molar refractivity (Wildman–Crippen MR) is 94.3 cm³/mol. The van der Waals surface area contributed by atoms with E-state index in [1.54, 1.807) is 6.07 Å². The van der Waals surface area contributed by atoms with Gasteiger partial charge in [-0.05, 0) is 24.6 Å². The van der Waals surface area contributed by atoms with Crippen LogP contribution in [0.1, 0.15) is 30.4 Å². The summed E-state index contributed by atoms with van der Waals surface area (Å²) < 4.78 is 10.9. The van der Waals surface area contributed by atoms with Crippen molar-refractivity contribution in [3.05, 3.63) is 70.1 Å². The van der Waals surface area contributed by atoms with Crippen molar-refractivity contribution < 1.29 is 19.1 Å². The number of phenols is 1. The van der Waals surface area contributed by atoms with Crippen molar-refractivity contribution in [1.82, 2.24) is 0 Å². The molecule has 0 amide bonds. The molecule has 1 heterocycles. The Kier molecular flexibility index (Phi) is 4.57. The summed E-state index contributed by atoms with van der Waals surface area (Å²) in [6.45, 7) is 1.49. The Hall–Kier alpha value is -3.08. The fourth-order valence-corrected chi connectivity index (χ4v) is 3.06. The second kappa shape index (κ2) is 6.81. The number of hydrogen-bond donors (Lipinski definition) is 1. The van der Waals surface area contributed by atoms with Gasteiger partial charge in [0.2, 0.25) is 0 Å². The van der Waals surface area contributed by atoms with E-state index >= 15 is 0 Å². The van der Waals surface area contributed by atoms with Crippen molar-refractivity contribution in [2.45, 2.75) is 19.3 Å². The van der Waals surface area contributed by atoms with E-state index < -0.39 is 11.5 Å². The van der Waals surface area contributed by atoms with E-state index in [-0.39, 0.29) is 23.5 Å². The molecular formula is C20H18O5. The maximum atomic E-state index is 12.7. The van der Waals surface area contributed by atoms with Gasteiger partial charge in [-0.2, -0.15) is 0 Å². The number of phenolic OH excluding ortho intramolecular Hbond substituents is 1. The topological polar surface area (TPSA) is 76.7 Å². The number of ether oxygens (including phenoxy) is 1. The molecule has 1 N–H and O–H groups in total. The van der Waals surface area contributed by atoms with Crippen LogP contribution in [0.5, 0.6) is 11.5 Å². The van der Waals surface area contributed by atoms with Crippen LogP contribution in [0.3, 0.4) is 0 Å². The lowest BCUT2D eigenvalue weighted by molar-refractivity contribution is -0.117. The van der Waals surface area contributed by atoms with E-state index in [1.165, 1.54) is 26.2 Å². The summed E-state index contributed by atoms with van der Waals surface area (Å²) in [5.74, 6) is -0.153. The second-order valence-electron chi connectivity index (χ2n) is 5.89. The zero-order chi connectivity index (χ0) is 18.0. The highest BCUT2D eigenvalue weighted by atomic mass is 16.5. The van der Waals surface area contributed by atoms with Crippen molar-refractivity contribution >= 4 is 16.8 Å². The number of carbonyl (C=O) groups is 1. The summed E-state index contributed by atoms with van der Waals surface area (Å²) in [7, 11) is 1.47. The number of ketones is 1. The Morgan fingerprint density at radius 3 is 2.56 bits per heavy atom. The van der Waals surface area contributed by atoms with Gasteiger partial charge >= 0.3 is 5.63 Å². The number of methoxy groups -OCH3 is 1. The van der Waals surface area contributed by atoms with Crippen LogP contribution in [0.2, 0.25) is 0 Å². The standard InChI is InChI=1S/C20H18O5/c1-12(21)10-16(13-6-4-3-5-7-13)18-19(24-2)15-9-8-14(22)11-17(15)25-20(18)23/h3-9,11,16,22H,10H2,1-2H3/t16-/m0/s1. The fraction of sp³-hybridized carbons (Fsp3) is 0.200. The normalized spacial score (nSPS) is 12.1. The zero-order valence-corrected chi connectivity index (χ0v) is 14.0. The highest BCUT2D eigenvalue weighted by molar-refractivity contribution is 5.86. The Labute approximate surface area is 144 Å². The summed E-state index contributed by atoms with van der Waals surface area (Å²) in [5.41, 5.74) is 0.800. The lowest BCUT2D eigenvalue weighted by atomic mass is 9.87. The molecule has 25 heavy (non-hydrogen) atoms. The van der Waals surface area contributed by atoms with E-state index in [2.05, 4.69) is 0 Å². The van der Waals surface area contributed by atoms with Crippen LogP contribution in [0.15, 0.2) is 57.7 Å². The molecule has 128 valence electrons. The SMILES string of the molecule is COc1c([C@@H](CC(C)=O)c2ccccc2)c(=O)oc2cc(O)ccc12. The van der Waals surface area contributed by atoms with Crippen molar-refractivity contribution in [3.8, 4) is 11.5 Å². The first-order valence-electron chi connectivity index (χ1n) is 7.89. The minimum atomic E-state index is -0.579. The maximum absolute atomic E-state index is 12.7. The third-order valence-corrected chi connectivity index (χ3v) is 4.12.